The van der Waals surface area contributed by atoms with Crippen LogP contribution in [0.2, 0.25) is 0 Å². The summed E-state index contributed by atoms with van der Waals surface area (Å²) in [6.07, 6.45) is 14.8. The van der Waals surface area contributed by atoms with Gasteiger partial charge in [0.2, 0.25) is 0 Å². The molecule has 0 aromatic carbocycles. The fourth-order valence-electron chi connectivity index (χ4n) is 1.78. The Morgan fingerprint density at radius 3 is 2.58 bits per heavy atom. The van der Waals surface area contributed by atoms with E-state index in [0.29, 0.717) is 5.41 Å². The topological polar surface area (TPSA) is 0 Å². The van der Waals surface area contributed by atoms with E-state index in [9.17, 15) is 0 Å². The quantitative estimate of drug-likeness (QED) is 0.410. The molecule has 0 aliphatic heterocycles. The molecule has 1 aliphatic carbocycles. The van der Waals surface area contributed by atoms with Crippen LogP contribution in [-0.2, 0) is 0 Å². The van der Waals surface area contributed by atoms with Crippen molar-refractivity contribution in [2.45, 2.75) is 45.4 Å². The van der Waals surface area contributed by atoms with E-state index < -0.39 is 0 Å². The molecule has 1 saturated carbocycles. The third-order valence-electron chi connectivity index (χ3n) is 2.75. The van der Waals surface area contributed by atoms with Crippen molar-refractivity contribution in [3.05, 3.63) is 24.8 Å². The van der Waals surface area contributed by atoms with E-state index in [-0.39, 0.29) is 0 Å². The molecule has 0 aromatic heterocycles. The van der Waals surface area contributed by atoms with Crippen LogP contribution in [0.1, 0.15) is 45.4 Å². The summed E-state index contributed by atoms with van der Waals surface area (Å²) in [5.74, 6) is 0. The molecule has 1 fully saturated rings. The zero-order valence-corrected chi connectivity index (χ0v) is 8.18. The largest absolute Gasteiger partial charge is 0.103 e. The van der Waals surface area contributed by atoms with E-state index >= 15 is 0 Å². The van der Waals surface area contributed by atoms with E-state index in [1.165, 1.54) is 38.5 Å². The minimum absolute atomic E-state index is 0.635. The normalized spacial score (nSPS) is 19.8. The molecule has 0 saturated heterocycles. The minimum Gasteiger partial charge on any atom is -0.103 e. The molecule has 0 N–H and O–H groups in total. The lowest BCUT2D eigenvalue weighted by Gasteiger charge is -2.07. The highest BCUT2D eigenvalue weighted by atomic mass is 14.4. The number of unbranched alkanes of at least 4 members (excludes halogenated alkanes) is 2. The molecule has 0 radical (unpaired) electrons. The second kappa shape index (κ2) is 4.49. The predicted molar refractivity (Wildman–Crippen MR) is 55.1 cm³/mol. The molecule has 0 heterocycles. The van der Waals surface area contributed by atoms with Gasteiger partial charge in [-0.1, -0.05) is 24.6 Å². The van der Waals surface area contributed by atoms with E-state index in [1.54, 1.807) is 0 Å². The summed E-state index contributed by atoms with van der Waals surface area (Å²) in [6, 6.07) is 0. The lowest BCUT2D eigenvalue weighted by atomic mass is 9.98. The number of hydrogen-bond donors (Lipinski definition) is 0. The first-order chi connectivity index (χ1) is 5.83. The Morgan fingerprint density at radius 1 is 1.33 bits per heavy atom. The molecule has 0 spiro atoms. The SMILES string of the molecule is C=CCCCCC1(C=CC)CC1. The maximum Gasteiger partial charge on any atom is -0.0118 e. The van der Waals surface area contributed by atoms with E-state index in [2.05, 4.69) is 25.7 Å². The first-order valence-electron chi connectivity index (χ1n) is 5.08. The van der Waals surface area contributed by atoms with Gasteiger partial charge in [0.15, 0.2) is 0 Å². The Kier molecular flexibility index (Phi) is 3.58. The summed E-state index contributed by atoms with van der Waals surface area (Å²) in [5.41, 5.74) is 0.635. The first-order valence-corrected chi connectivity index (χ1v) is 5.08. The van der Waals surface area contributed by atoms with Crippen molar-refractivity contribution in [3.8, 4) is 0 Å². The van der Waals surface area contributed by atoms with Gasteiger partial charge in [0.05, 0.1) is 0 Å². The van der Waals surface area contributed by atoms with Crippen LogP contribution in [0.3, 0.4) is 0 Å². The third kappa shape index (κ3) is 2.84. The van der Waals surface area contributed by atoms with Gasteiger partial charge in [-0.15, -0.1) is 6.58 Å². The average molecular weight is 164 g/mol. The van der Waals surface area contributed by atoms with Crippen LogP contribution in [0.15, 0.2) is 24.8 Å². The molecule has 0 heteroatoms. The highest BCUT2D eigenvalue weighted by molar-refractivity contribution is 5.08. The zero-order valence-electron chi connectivity index (χ0n) is 8.18. The van der Waals surface area contributed by atoms with Crippen molar-refractivity contribution in [1.29, 1.82) is 0 Å². The number of allylic oxidation sites excluding steroid dienone is 3. The van der Waals surface area contributed by atoms with Gasteiger partial charge >= 0.3 is 0 Å². The van der Waals surface area contributed by atoms with Crippen molar-refractivity contribution in [2.24, 2.45) is 5.41 Å². The summed E-state index contributed by atoms with van der Waals surface area (Å²) in [5, 5.41) is 0. The van der Waals surface area contributed by atoms with Crippen LogP contribution in [0.25, 0.3) is 0 Å². The smallest absolute Gasteiger partial charge is 0.0118 e. The average Bonchev–Trinajstić information content (AvgIpc) is 2.81. The van der Waals surface area contributed by atoms with Gasteiger partial charge < -0.3 is 0 Å². The molecular formula is C12H20. The fourth-order valence-corrected chi connectivity index (χ4v) is 1.78. The van der Waals surface area contributed by atoms with Crippen LogP contribution >= 0.6 is 0 Å². The Labute approximate surface area is 76.4 Å². The molecule has 0 aromatic rings. The van der Waals surface area contributed by atoms with Gasteiger partial charge in [0.25, 0.3) is 0 Å². The van der Waals surface area contributed by atoms with Crippen LogP contribution in [0.5, 0.6) is 0 Å². The van der Waals surface area contributed by atoms with Gasteiger partial charge in [0.1, 0.15) is 0 Å². The number of hydrogen-bond acceptors (Lipinski definition) is 0. The monoisotopic (exact) mass is 164 g/mol. The summed E-state index contributed by atoms with van der Waals surface area (Å²) in [6.45, 7) is 5.86. The molecule has 0 amide bonds. The molecule has 0 nitrogen and oxygen atoms in total. The molecule has 0 atom stereocenters. The van der Waals surface area contributed by atoms with Gasteiger partial charge in [-0.3, -0.25) is 0 Å². The van der Waals surface area contributed by atoms with Crippen molar-refractivity contribution in [3.63, 3.8) is 0 Å². The van der Waals surface area contributed by atoms with Crippen molar-refractivity contribution in [2.75, 3.05) is 0 Å². The second-order valence-corrected chi connectivity index (χ2v) is 3.90. The molecular weight excluding hydrogens is 144 g/mol. The maximum atomic E-state index is 3.73. The Bertz CT molecular complexity index is 161. The Balaban J connectivity index is 2.10. The van der Waals surface area contributed by atoms with Crippen LogP contribution in [0.4, 0.5) is 0 Å². The van der Waals surface area contributed by atoms with Gasteiger partial charge in [-0.05, 0) is 44.4 Å². The molecule has 0 bridgehead atoms. The van der Waals surface area contributed by atoms with Gasteiger partial charge in [-0.2, -0.15) is 0 Å². The molecule has 0 unspecified atom stereocenters. The highest BCUT2D eigenvalue weighted by Crippen LogP contribution is 2.51. The predicted octanol–water partition coefficient (Wildman–Crippen LogP) is 4.09. The lowest BCUT2D eigenvalue weighted by Crippen LogP contribution is -1.94. The second-order valence-electron chi connectivity index (χ2n) is 3.90. The molecule has 1 aliphatic rings. The minimum atomic E-state index is 0.635. The Morgan fingerprint density at radius 2 is 2.08 bits per heavy atom. The lowest BCUT2D eigenvalue weighted by molar-refractivity contribution is 0.535. The molecule has 1 rings (SSSR count). The Hall–Kier alpha value is -0.520. The summed E-state index contributed by atoms with van der Waals surface area (Å²) in [7, 11) is 0. The first kappa shape index (κ1) is 9.57. The summed E-state index contributed by atoms with van der Waals surface area (Å²) in [4.78, 5) is 0. The van der Waals surface area contributed by atoms with Crippen LogP contribution in [0, 0.1) is 5.41 Å². The van der Waals surface area contributed by atoms with Crippen molar-refractivity contribution in [1.82, 2.24) is 0 Å². The van der Waals surface area contributed by atoms with Gasteiger partial charge in [-0.25, -0.2) is 0 Å². The summed E-state index contributed by atoms with van der Waals surface area (Å²) < 4.78 is 0. The number of rotatable bonds is 6. The third-order valence-corrected chi connectivity index (χ3v) is 2.75. The zero-order chi connectivity index (χ0) is 8.86. The van der Waals surface area contributed by atoms with E-state index in [4.69, 9.17) is 0 Å². The standard InChI is InChI=1S/C12H20/c1-3-5-6-7-9-12(8-4-2)10-11-12/h3-4,8H,1,5-7,9-11H2,2H3. The molecule has 12 heavy (non-hydrogen) atoms. The fraction of sp³-hybridized carbons (Fsp3) is 0.667. The van der Waals surface area contributed by atoms with Crippen LogP contribution < -0.4 is 0 Å². The summed E-state index contributed by atoms with van der Waals surface area (Å²) >= 11 is 0. The van der Waals surface area contributed by atoms with E-state index in [1.807, 2.05) is 6.08 Å². The highest BCUT2D eigenvalue weighted by Gasteiger charge is 2.38. The van der Waals surface area contributed by atoms with Crippen molar-refractivity contribution >= 4 is 0 Å². The molecule has 68 valence electrons. The van der Waals surface area contributed by atoms with Crippen molar-refractivity contribution < 1.29 is 0 Å². The van der Waals surface area contributed by atoms with Crippen LogP contribution in [-0.4, -0.2) is 0 Å². The van der Waals surface area contributed by atoms with Gasteiger partial charge in [0, 0.05) is 0 Å². The van der Waals surface area contributed by atoms with E-state index in [0.717, 1.165) is 0 Å². The maximum absolute atomic E-state index is 3.73.